The average molecular weight is 304 g/mol. The van der Waals surface area contributed by atoms with E-state index in [1.807, 2.05) is 0 Å². The van der Waals surface area contributed by atoms with Gasteiger partial charge in [0.1, 0.15) is 11.9 Å². The van der Waals surface area contributed by atoms with Crippen LogP contribution in [0.3, 0.4) is 0 Å². The summed E-state index contributed by atoms with van der Waals surface area (Å²) < 4.78 is 51.2. The zero-order valence-corrected chi connectivity index (χ0v) is 11.0. The number of carbonyl (C=O) groups excluding carboxylic acids is 2. The van der Waals surface area contributed by atoms with Gasteiger partial charge in [0.25, 0.3) is 5.91 Å². The number of hydrogen-bond acceptors (Lipinski definition) is 2. The largest absolute Gasteiger partial charge is 0.416 e. The molecule has 1 aliphatic rings. The van der Waals surface area contributed by atoms with Crippen molar-refractivity contribution in [1.29, 1.82) is 0 Å². The summed E-state index contributed by atoms with van der Waals surface area (Å²) in [6.07, 6.45) is -4.34. The molecule has 114 valence electrons. The van der Waals surface area contributed by atoms with Crippen molar-refractivity contribution in [3.05, 3.63) is 35.1 Å². The highest BCUT2D eigenvalue weighted by molar-refractivity contribution is 5.98. The number of halogens is 4. The third-order valence-electron chi connectivity index (χ3n) is 3.27. The van der Waals surface area contributed by atoms with E-state index in [-0.39, 0.29) is 5.91 Å². The SMILES string of the molecule is CN1CCC(NC(=O)c2cc(C(F)(F)F)ccc2F)C1=O. The second kappa shape index (κ2) is 5.34. The Morgan fingerprint density at radius 1 is 1.38 bits per heavy atom. The molecule has 2 rings (SSSR count). The Balaban J connectivity index is 2.21. The molecule has 1 heterocycles. The molecule has 0 radical (unpaired) electrons. The second-order valence-electron chi connectivity index (χ2n) is 4.77. The molecule has 1 fully saturated rings. The van der Waals surface area contributed by atoms with E-state index >= 15 is 0 Å². The molecule has 0 aromatic heterocycles. The Morgan fingerprint density at radius 2 is 2.05 bits per heavy atom. The van der Waals surface area contributed by atoms with Gasteiger partial charge in [0.05, 0.1) is 11.1 Å². The standard InChI is InChI=1S/C13H12F4N2O2/c1-19-5-4-10(12(19)21)18-11(20)8-6-7(13(15,16)17)2-3-9(8)14/h2-3,6,10H,4-5H2,1H3,(H,18,20). The minimum absolute atomic E-state index is 0.335. The molecule has 1 aromatic carbocycles. The first-order chi connectivity index (χ1) is 9.70. The number of rotatable bonds is 2. The molecular formula is C13H12F4N2O2. The lowest BCUT2D eigenvalue weighted by Gasteiger charge is -2.14. The van der Waals surface area contributed by atoms with Crippen LogP contribution < -0.4 is 5.32 Å². The van der Waals surface area contributed by atoms with Crippen LogP contribution in [0.5, 0.6) is 0 Å². The van der Waals surface area contributed by atoms with Gasteiger partial charge in [-0.1, -0.05) is 0 Å². The number of alkyl halides is 3. The summed E-state index contributed by atoms with van der Waals surface area (Å²) in [6.45, 7) is 0.425. The fourth-order valence-corrected chi connectivity index (χ4v) is 2.07. The van der Waals surface area contributed by atoms with Crippen molar-refractivity contribution >= 4 is 11.8 Å². The smallest absolute Gasteiger partial charge is 0.344 e. The molecule has 1 atom stereocenters. The third-order valence-corrected chi connectivity index (χ3v) is 3.27. The van der Waals surface area contributed by atoms with E-state index in [4.69, 9.17) is 0 Å². The van der Waals surface area contributed by atoms with Crippen molar-refractivity contribution < 1.29 is 27.2 Å². The molecule has 2 amide bonds. The first-order valence-corrected chi connectivity index (χ1v) is 6.12. The Bertz CT molecular complexity index is 586. The van der Waals surface area contributed by atoms with Crippen LogP contribution >= 0.6 is 0 Å². The third kappa shape index (κ3) is 3.14. The Hall–Kier alpha value is -2.12. The van der Waals surface area contributed by atoms with Gasteiger partial charge in [-0.2, -0.15) is 13.2 Å². The van der Waals surface area contributed by atoms with Crippen LogP contribution in [0.15, 0.2) is 18.2 Å². The average Bonchev–Trinajstić information content (AvgIpc) is 2.69. The molecule has 0 saturated carbocycles. The summed E-state index contributed by atoms with van der Waals surface area (Å²) in [5, 5.41) is 2.26. The van der Waals surface area contributed by atoms with E-state index in [9.17, 15) is 27.2 Å². The van der Waals surface area contributed by atoms with E-state index in [2.05, 4.69) is 5.32 Å². The van der Waals surface area contributed by atoms with Gasteiger partial charge in [0, 0.05) is 13.6 Å². The molecular weight excluding hydrogens is 292 g/mol. The van der Waals surface area contributed by atoms with Gasteiger partial charge < -0.3 is 10.2 Å². The summed E-state index contributed by atoms with van der Waals surface area (Å²) >= 11 is 0. The maximum Gasteiger partial charge on any atom is 0.416 e. The lowest BCUT2D eigenvalue weighted by atomic mass is 10.1. The van der Waals surface area contributed by atoms with Crippen LogP contribution in [0, 0.1) is 5.82 Å². The van der Waals surface area contributed by atoms with E-state index in [1.165, 1.54) is 4.90 Å². The van der Waals surface area contributed by atoms with Crippen molar-refractivity contribution in [3.8, 4) is 0 Å². The van der Waals surface area contributed by atoms with E-state index < -0.39 is 35.1 Å². The highest BCUT2D eigenvalue weighted by Crippen LogP contribution is 2.30. The van der Waals surface area contributed by atoms with Gasteiger partial charge in [0.2, 0.25) is 5.91 Å². The lowest BCUT2D eigenvalue weighted by Crippen LogP contribution is -2.40. The fourth-order valence-electron chi connectivity index (χ4n) is 2.07. The predicted molar refractivity (Wildman–Crippen MR) is 64.9 cm³/mol. The van der Waals surface area contributed by atoms with Gasteiger partial charge in [-0.25, -0.2) is 4.39 Å². The van der Waals surface area contributed by atoms with Crippen LogP contribution in [0.4, 0.5) is 17.6 Å². The van der Waals surface area contributed by atoms with Crippen molar-refractivity contribution in [1.82, 2.24) is 10.2 Å². The highest BCUT2D eigenvalue weighted by Gasteiger charge is 2.34. The zero-order chi connectivity index (χ0) is 15.8. The highest BCUT2D eigenvalue weighted by atomic mass is 19.4. The predicted octanol–water partition coefficient (Wildman–Crippen LogP) is 1.80. The number of carbonyl (C=O) groups is 2. The number of nitrogens with one attached hydrogen (secondary N) is 1. The lowest BCUT2D eigenvalue weighted by molar-refractivity contribution is -0.137. The summed E-state index contributed by atoms with van der Waals surface area (Å²) in [5.74, 6) is -2.46. The Kier molecular flexibility index (Phi) is 3.89. The van der Waals surface area contributed by atoms with Crippen molar-refractivity contribution in [2.45, 2.75) is 18.6 Å². The molecule has 1 aliphatic heterocycles. The minimum atomic E-state index is -4.67. The van der Waals surface area contributed by atoms with Gasteiger partial charge in [-0.05, 0) is 24.6 Å². The molecule has 0 spiro atoms. The zero-order valence-electron chi connectivity index (χ0n) is 11.0. The van der Waals surface area contributed by atoms with Gasteiger partial charge in [-0.3, -0.25) is 9.59 Å². The van der Waals surface area contributed by atoms with E-state index in [1.54, 1.807) is 7.05 Å². The molecule has 21 heavy (non-hydrogen) atoms. The van der Waals surface area contributed by atoms with E-state index in [0.717, 1.165) is 0 Å². The maximum atomic E-state index is 13.5. The van der Waals surface area contributed by atoms with Crippen LogP contribution in [-0.2, 0) is 11.0 Å². The molecule has 1 aromatic rings. The number of nitrogens with zero attached hydrogens (tertiary/aromatic N) is 1. The molecule has 1 N–H and O–H groups in total. The topological polar surface area (TPSA) is 49.4 Å². The Labute approximate surface area is 117 Å². The molecule has 8 heteroatoms. The minimum Gasteiger partial charge on any atom is -0.344 e. The summed E-state index contributed by atoms with van der Waals surface area (Å²) in [5.41, 5.74) is -1.85. The molecule has 1 saturated heterocycles. The van der Waals surface area contributed by atoms with Crippen LogP contribution in [0.1, 0.15) is 22.3 Å². The quantitative estimate of drug-likeness (QED) is 0.847. The maximum absolute atomic E-state index is 13.5. The van der Waals surface area contributed by atoms with Gasteiger partial charge in [-0.15, -0.1) is 0 Å². The normalized spacial score (nSPS) is 19.0. The number of amides is 2. The fraction of sp³-hybridized carbons (Fsp3) is 0.385. The summed E-state index contributed by atoms with van der Waals surface area (Å²) in [7, 11) is 1.54. The van der Waals surface area contributed by atoms with Crippen molar-refractivity contribution in [2.75, 3.05) is 13.6 Å². The van der Waals surface area contributed by atoms with Crippen molar-refractivity contribution in [2.24, 2.45) is 0 Å². The molecule has 4 nitrogen and oxygen atoms in total. The molecule has 0 aliphatic carbocycles. The molecule has 0 bridgehead atoms. The van der Waals surface area contributed by atoms with E-state index in [0.29, 0.717) is 31.2 Å². The number of hydrogen-bond donors (Lipinski definition) is 1. The first kappa shape index (κ1) is 15.3. The number of likely N-dealkylation sites (tertiary alicyclic amines) is 1. The van der Waals surface area contributed by atoms with Crippen LogP contribution in [0.2, 0.25) is 0 Å². The Morgan fingerprint density at radius 3 is 2.57 bits per heavy atom. The van der Waals surface area contributed by atoms with Crippen molar-refractivity contribution in [3.63, 3.8) is 0 Å². The van der Waals surface area contributed by atoms with Gasteiger partial charge in [0.15, 0.2) is 0 Å². The second-order valence-corrected chi connectivity index (χ2v) is 4.77. The van der Waals surface area contributed by atoms with Crippen LogP contribution in [0.25, 0.3) is 0 Å². The summed E-state index contributed by atoms with van der Waals surface area (Å²) in [6, 6.07) is 0.742. The number of benzene rings is 1. The first-order valence-electron chi connectivity index (χ1n) is 6.12. The monoisotopic (exact) mass is 304 g/mol. The number of likely N-dealkylation sites (N-methyl/N-ethyl adjacent to an activating group) is 1. The van der Waals surface area contributed by atoms with Gasteiger partial charge >= 0.3 is 6.18 Å². The molecule has 1 unspecified atom stereocenters. The summed E-state index contributed by atoms with van der Waals surface area (Å²) in [4.78, 5) is 24.9. The van der Waals surface area contributed by atoms with Crippen LogP contribution in [-0.4, -0.2) is 36.3 Å².